The molecular weight excluding hydrogens is 1070 g/mol. The number of hydrogen-bond acceptors (Lipinski definition) is 2. The lowest BCUT2D eigenvalue weighted by Crippen LogP contribution is -2.18. The van der Waals surface area contributed by atoms with Gasteiger partial charge in [-0.25, -0.2) is 0 Å². The van der Waals surface area contributed by atoms with E-state index in [0.717, 1.165) is 50.1 Å². The molecule has 16 aromatic rings. The minimum atomic E-state index is -0.279. The van der Waals surface area contributed by atoms with E-state index in [1.54, 1.807) is 0 Å². The fourth-order valence-electron chi connectivity index (χ4n) is 15.3. The first-order valence-corrected chi connectivity index (χ1v) is 30.7. The molecule has 4 nitrogen and oxygen atoms in total. The van der Waals surface area contributed by atoms with Crippen LogP contribution >= 0.6 is 0 Å². The van der Waals surface area contributed by atoms with Gasteiger partial charge in [0.05, 0.1) is 22.1 Å². The van der Waals surface area contributed by atoms with Gasteiger partial charge in [0.25, 0.3) is 0 Å². The van der Waals surface area contributed by atoms with E-state index < -0.39 is 0 Å². The normalized spacial score (nSPS) is 13.6. The van der Waals surface area contributed by atoms with Crippen LogP contribution in [0, 0.1) is 0 Å². The standard InChI is InChI=1S/C84H59N3O/c1-83(2)73-48-56(54-31-42-79-70(45-54)67-21-11-14-24-77(67)86(79)58-17-7-5-8-18-58)29-38-63(73)65-40-36-61(50-75(65)83)85(60-34-27-52(28-35-60)53-33-44-82-72(47-53)69-23-13-16-26-81(69)88-82)62-37-41-66-64-39-30-57(49-74(64)84(3,4)76(66)51-62)55-32-43-80-71(46-55)68-22-12-15-25-78(68)87(80)59-19-9-6-10-20-59/h5-51H,1-4H3. The molecule has 88 heavy (non-hydrogen) atoms. The van der Waals surface area contributed by atoms with Crippen LogP contribution in [0.25, 0.3) is 133 Å². The van der Waals surface area contributed by atoms with E-state index in [0.29, 0.717) is 0 Å². The number of hydrogen-bond donors (Lipinski definition) is 0. The second-order valence-corrected chi connectivity index (χ2v) is 25.3. The van der Waals surface area contributed by atoms with E-state index in [9.17, 15) is 0 Å². The van der Waals surface area contributed by atoms with E-state index in [4.69, 9.17) is 4.42 Å². The summed E-state index contributed by atoms with van der Waals surface area (Å²) in [6, 6.07) is 106. The molecule has 18 rings (SSSR count). The fourth-order valence-corrected chi connectivity index (χ4v) is 15.3. The van der Waals surface area contributed by atoms with E-state index >= 15 is 0 Å². The Labute approximate surface area is 511 Å². The zero-order valence-electron chi connectivity index (χ0n) is 49.4. The first-order chi connectivity index (χ1) is 43.1. The van der Waals surface area contributed by atoms with Gasteiger partial charge in [-0.1, -0.05) is 185 Å². The SMILES string of the molecule is CC1(C)c2cc(-c3ccc4c(c3)c3ccccc3n4-c3ccccc3)ccc2-c2ccc(N(c3ccc(-c4ccc5oc6ccccc6c5c4)cc3)c3ccc4c(c3)C(C)(C)c3cc(-c5ccc6c(c5)c5ccccc5n6-c5ccccc5)ccc3-4)cc21. The van der Waals surface area contributed by atoms with Gasteiger partial charge < -0.3 is 18.5 Å². The molecule has 0 amide bonds. The predicted octanol–water partition coefficient (Wildman–Crippen LogP) is 22.9. The summed E-state index contributed by atoms with van der Waals surface area (Å²) in [6.07, 6.45) is 0. The fraction of sp³-hybridized carbons (Fsp3) is 0.0714. The molecule has 2 aliphatic rings. The van der Waals surface area contributed by atoms with Crippen molar-refractivity contribution in [2.45, 2.75) is 38.5 Å². The van der Waals surface area contributed by atoms with Gasteiger partial charge in [-0.2, -0.15) is 0 Å². The van der Waals surface area contributed by atoms with Gasteiger partial charge in [-0.05, 0) is 205 Å². The number of nitrogens with zero attached hydrogens (tertiary/aromatic N) is 3. The lowest BCUT2D eigenvalue weighted by molar-refractivity contribution is 0.660. The summed E-state index contributed by atoms with van der Waals surface area (Å²) in [5.74, 6) is 0. The van der Waals surface area contributed by atoms with Crippen molar-refractivity contribution in [2.24, 2.45) is 0 Å². The average molecular weight is 1130 g/mol. The van der Waals surface area contributed by atoms with Crippen LogP contribution in [0.15, 0.2) is 290 Å². The molecular formula is C84H59N3O. The van der Waals surface area contributed by atoms with Crippen LogP contribution in [-0.2, 0) is 10.8 Å². The molecule has 0 spiro atoms. The monoisotopic (exact) mass is 1130 g/mol. The minimum Gasteiger partial charge on any atom is -0.456 e. The maximum Gasteiger partial charge on any atom is 0.135 e. The highest BCUT2D eigenvalue weighted by atomic mass is 16.3. The number of anilines is 3. The molecule has 0 unspecified atom stereocenters. The Morgan fingerprint density at radius 3 is 1.14 bits per heavy atom. The van der Waals surface area contributed by atoms with Crippen LogP contribution in [0.3, 0.4) is 0 Å². The summed E-state index contributed by atoms with van der Waals surface area (Å²) in [4.78, 5) is 2.48. The third-order valence-electron chi connectivity index (χ3n) is 19.7. The van der Waals surface area contributed by atoms with Crippen molar-refractivity contribution in [3.05, 3.63) is 307 Å². The Morgan fingerprint density at radius 1 is 0.261 bits per heavy atom. The molecule has 0 radical (unpaired) electrons. The van der Waals surface area contributed by atoms with E-state index in [-0.39, 0.29) is 10.8 Å². The van der Waals surface area contributed by atoms with Crippen LogP contribution in [-0.4, -0.2) is 9.13 Å². The molecule has 0 saturated heterocycles. The summed E-state index contributed by atoms with van der Waals surface area (Å²) in [7, 11) is 0. The Kier molecular flexibility index (Phi) is 10.8. The number of furan rings is 1. The highest BCUT2D eigenvalue weighted by Gasteiger charge is 2.39. The largest absolute Gasteiger partial charge is 0.456 e. The molecule has 0 aliphatic heterocycles. The van der Waals surface area contributed by atoms with Crippen molar-refractivity contribution in [1.82, 2.24) is 9.13 Å². The summed E-state index contributed by atoms with van der Waals surface area (Å²) in [6.45, 7) is 9.63. The van der Waals surface area contributed by atoms with Crippen LogP contribution in [0.1, 0.15) is 49.9 Å². The van der Waals surface area contributed by atoms with Crippen LogP contribution in [0.2, 0.25) is 0 Å². The quantitative estimate of drug-likeness (QED) is 0.152. The first-order valence-electron chi connectivity index (χ1n) is 30.7. The number of aromatic nitrogens is 2. The van der Waals surface area contributed by atoms with Gasteiger partial charge in [0.2, 0.25) is 0 Å². The molecule has 0 N–H and O–H groups in total. The van der Waals surface area contributed by atoms with Gasteiger partial charge in [0, 0.05) is 71.6 Å². The van der Waals surface area contributed by atoms with Crippen molar-refractivity contribution in [1.29, 1.82) is 0 Å². The van der Waals surface area contributed by atoms with Crippen molar-refractivity contribution >= 4 is 82.6 Å². The number of rotatable bonds is 8. The van der Waals surface area contributed by atoms with Crippen molar-refractivity contribution < 1.29 is 4.42 Å². The summed E-state index contributed by atoms with van der Waals surface area (Å²) in [5.41, 5.74) is 29.5. The maximum atomic E-state index is 6.25. The molecule has 0 atom stereocenters. The Balaban J connectivity index is 0.727. The van der Waals surface area contributed by atoms with Crippen molar-refractivity contribution in [3.8, 4) is 67.0 Å². The van der Waals surface area contributed by atoms with Crippen LogP contribution in [0.5, 0.6) is 0 Å². The molecule has 13 aromatic carbocycles. The van der Waals surface area contributed by atoms with Crippen molar-refractivity contribution in [2.75, 3.05) is 4.90 Å². The summed E-state index contributed by atoms with van der Waals surface area (Å²) in [5, 5.41) is 7.29. The van der Waals surface area contributed by atoms with Gasteiger partial charge >= 0.3 is 0 Å². The first kappa shape index (κ1) is 50.4. The Bertz CT molecular complexity index is 5290. The smallest absolute Gasteiger partial charge is 0.135 e. The molecule has 0 saturated carbocycles. The molecule has 0 bridgehead atoms. The third-order valence-corrected chi connectivity index (χ3v) is 19.7. The average Bonchev–Trinajstić information content (AvgIpc) is 2.63. The molecule has 3 heterocycles. The van der Waals surface area contributed by atoms with Crippen LogP contribution < -0.4 is 4.90 Å². The lowest BCUT2D eigenvalue weighted by atomic mass is 9.81. The third kappa shape index (κ3) is 7.45. The van der Waals surface area contributed by atoms with E-state index in [1.165, 1.54) is 122 Å². The second kappa shape index (κ2) is 18.8. The summed E-state index contributed by atoms with van der Waals surface area (Å²) >= 11 is 0. The summed E-state index contributed by atoms with van der Waals surface area (Å²) < 4.78 is 11.0. The highest BCUT2D eigenvalue weighted by Crippen LogP contribution is 2.55. The Hall–Kier alpha value is -10.9. The lowest BCUT2D eigenvalue weighted by Gasteiger charge is -2.30. The van der Waals surface area contributed by atoms with Gasteiger partial charge in [0.1, 0.15) is 11.2 Å². The highest BCUT2D eigenvalue weighted by molar-refractivity contribution is 6.12. The van der Waals surface area contributed by atoms with E-state index in [2.05, 4.69) is 315 Å². The maximum absolute atomic E-state index is 6.25. The molecule has 4 heteroatoms. The Morgan fingerprint density at radius 2 is 0.614 bits per heavy atom. The number of fused-ring (bicyclic) bond motifs is 15. The van der Waals surface area contributed by atoms with Gasteiger partial charge in [0.15, 0.2) is 0 Å². The second-order valence-electron chi connectivity index (χ2n) is 25.3. The zero-order valence-corrected chi connectivity index (χ0v) is 49.4. The van der Waals surface area contributed by atoms with Crippen molar-refractivity contribution in [3.63, 3.8) is 0 Å². The number of benzene rings is 13. The predicted molar refractivity (Wildman–Crippen MR) is 369 cm³/mol. The molecule has 0 fully saturated rings. The number of para-hydroxylation sites is 5. The van der Waals surface area contributed by atoms with Gasteiger partial charge in [-0.3, -0.25) is 0 Å². The van der Waals surface area contributed by atoms with Gasteiger partial charge in [-0.15, -0.1) is 0 Å². The minimum absolute atomic E-state index is 0.279. The van der Waals surface area contributed by atoms with E-state index in [1.807, 2.05) is 12.1 Å². The molecule has 3 aromatic heterocycles. The topological polar surface area (TPSA) is 26.2 Å². The zero-order chi connectivity index (χ0) is 58.6. The molecule has 416 valence electrons. The van der Waals surface area contributed by atoms with Crippen LogP contribution in [0.4, 0.5) is 17.1 Å². The molecule has 2 aliphatic carbocycles.